The predicted molar refractivity (Wildman–Crippen MR) is 55.8 cm³/mol. The molecule has 16 heavy (non-hydrogen) atoms. The molecule has 1 heterocycles. The highest BCUT2D eigenvalue weighted by molar-refractivity contribution is 5.38. The van der Waals surface area contributed by atoms with Crippen molar-refractivity contribution in [1.82, 2.24) is 9.97 Å². The van der Waals surface area contributed by atoms with Crippen LogP contribution in [0.5, 0.6) is 5.88 Å². The molecule has 0 aliphatic carbocycles. The Morgan fingerprint density at radius 1 is 1.50 bits per heavy atom. The predicted octanol–water partition coefficient (Wildman–Crippen LogP) is 0.800. The second-order valence-electron chi connectivity index (χ2n) is 3.26. The van der Waals surface area contributed by atoms with Crippen molar-refractivity contribution < 1.29 is 13.5 Å². The van der Waals surface area contributed by atoms with E-state index in [4.69, 9.17) is 10.5 Å². The fourth-order valence-corrected chi connectivity index (χ4v) is 1.03. The molecule has 0 bridgehead atoms. The number of nitrogens with one attached hydrogen (secondary N) is 1. The van der Waals surface area contributed by atoms with E-state index < -0.39 is 19.0 Å². The molecule has 0 aliphatic rings. The highest BCUT2D eigenvalue weighted by atomic mass is 19.3. The summed E-state index contributed by atoms with van der Waals surface area (Å²) in [6.07, 6.45) is 0. The van der Waals surface area contributed by atoms with Gasteiger partial charge in [-0.05, 0) is 6.92 Å². The number of nitrogens with two attached hydrogens (primary N) is 1. The molecule has 0 saturated heterocycles. The highest BCUT2D eigenvalue weighted by Gasteiger charge is 2.26. The molecule has 0 amide bonds. The third-order valence-electron chi connectivity index (χ3n) is 1.85. The summed E-state index contributed by atoms with van der Waals surface area (Å²) < 4.78 is 30.6. The van der Waals surface area contributed by atoms with E-state index in [1.165, 1.54) is 13.2 Å². The molecule has 1 aromatic rings. The lowest BCUT2D eigenvalue weighted by molar-refractivity contribution is 0.0253. The quantitative estimate of drug-likeness (QED) is 0.785. The maximum atomic E-state index is 12.9. The summed E-state index contributed by atoms with van der Waals surface area (Å²) in [5, 5.41) is 2.49. The van der Waals surface area contributed by atoms with Crippen LogP contribution in [0.15, 0.2) is 6.07 Å². The molecule has 0 spiro atoms. The topological polar surface area (TPSA) is 73.1 Å². The normalized spacial score (nSPS) is 11.3. The maximum absolute atomic E-state index is 12.9. The zero-order valence-corrected chi connectivity index (χ0v) is 9.13. The zero-order valence-electron chi connectivity index (χ0n) is 9.13. The van der Waals surface area contributed by atoms with Crippen LogP contribution in [0.25, 0.3) is 0 Å². The molecule has 1 aromatic heterocycles. The van der Waals surface area contributed by atoms with Crippen molar-refractivity contribution in [3.63, 3.8) is 0 Å². The van der Waals surface area contributed by atoms with Crippen molar-refractivity contribution in [3.8, 4) is 5.88 Å². The molecule has 0 fully saturated rings. The second-order valence-corrected chi connectivity index (χ2v) is 3.26. The number of halogens is 2. The first-order chi connectivity index (χ1) is 7.46. The molecule has 90 valence electrons. The number of aryl methyl sites for hydroxylation is 1. The lowest BCUT2D eigenvalue weighted by Crippen LogP contribution is -2.35. The number of methoxy groups -OCH3 is 1. The fourth-order valence-electron chi connectivity index (χ4n) is 1.03. The van der Waals surface area contributed by atoms with Gasteiger partial charge in [-0.1, -0.05) is 0 Å². The van der Waals surface area contributed by atoms with Gasteiger partial charge in [-0.15, -0.1) is 0 Å². The van der Waals surface area contributed by atoms with Crippen LogP contribution >= 0.6 is 0 Å². The molecule has 0 saturated carbocycles. The van der Waals surface area contributed by atoms with Crippen LogP contribution in [0.3, 0.4) is 0 Å². The molecule has 7 heteroatoms. The number of anilines is 1. The highest BCUT2D eigenvalue weighted by Crippen LogP contribution is 2.16. The molecule has 0 aromatic carbocycles. The van der Waals surface area contributed by atoms with E-state index >= 15 is 0 Å². The van der Waals surface area contributed by atoms with Gasteiger partial charge in [0, 0.05) is 6.07 Å². The van der Waals surface area contributed by atoms with Crippen molar-refractivity contribution in [3.05, 3.63) is 11.9 Å². The SMILES string of the molecule is COc1cc(NCC(F)(F)CN)nc(C)n1. The summed E-state index contributed by atoms with van der Waals surface area (Å²) in [5.74, 6) is -1.90. The van der Waals surface area contributed by atoms with Crippen LogP contribution in [0.1, 0.15) is 5.82 Å². The lowest BCUT2D eigenvalue weighted by atomic mass is 10.3. The van der Waals surface area contributed by atoms with Gasteiger partial charge in [0.2, 0.25) is 5.88 Å². The van der Waals surface area contributed by atoms with Gasteiger partial charge in [0.05, 0.1) is 20.2 Å². The maximum Gasteiger partial charge on any atom is 0.276 e. The monoisotopic (exact) mass is 232 g/mol. The molecule has 0 radical (unpaired) electrons. The van der Waals surface area contributed by atoms with E-state index in [1.807, 2.05) is 0 Å². The molecule has 3 N–H and O–H groups in total. The average Bonchev–Trinajstić information content (AvgIpc) is 2.26. The molecule has 0 aliphatic heterocycles. The first-order valence-corrected chi connectivity index (χ1v) is 4.68. The van der Waals surface area contributed by atoms with Gasteiger partial charge in [-0.2, -0.15) is 4.98 Å². The summed E-state index contributed by atoms with van der Waals surface area (Å²) in [6, 6.07) is 1.44. The number of rotatable bonds is 5. The minimum atomic E-state index is -2.95. The fraction of sp³-hybridized carbons (Fsp3) is 0.556. The van der Waals surface area contributed by atoms with E-state index in [-0.39, 0.29) is 5.82 Å². The number of ether oxygens (including phenoxy) is 1. The van der Waals surface area contributed by atoms with Gasteiger partial charge in [-0.25, -0.2) is 13.8 Å². The molecular weight excluding hydrogens is 218 g/mol. The van der Waals surface area contributed by atoms with Crippen molar-refractivity contribution >= 4 is 5.82 Å². The molecular formula is C9H14F2N4O. The van der Waals surface area contributed by atoms with Gasteiger partial charge in [0.1, 0.15) is 11.6 Å². The zero-order chi connectivity index (χ0) is 12.2. The van der Waals surface area contributed by atoms with Gasteiger partial charge in [0.25, 0.3) is 5.92 Å². The Morgan fingerprint density at radius 2 is 2.19 bits per heavy atom. The van der Waals surface area contributed by atoms with Crippen LogP contribution in [-0.4, -0.2) is 36.1 Å². The Bertz CT molecular complexity index is 359. The van der Waals surface area contributed by atoms with Gasteiger partial charge in [0.15, 0.2) is 0 Å². The molecule has 0 atom stereocenters. The minimum absolute atomic E-state index is 0.289. The first-order valence-electron chi connectivity index (χ1n) is 4.68. The Labute approximate surface area is 92.0 Å². The van der Waals surface area contributed by atoms with Crippen molar-refractivity contribution in [1.29, 1.82) is 0 Å². The van der Waals surface area contributed by atoms with E-state index in [1.54, 1.807) is 6.92 Å². The van der Waals surface area contributed by atoms with Crippen molar-refractivity contribution in [2.24, 2.45) is 5.73 Å². The van der Waals surface area contributed by atoms with E-state index in [9.17, 15) is 8.78 Å². The summed E-state index contributed by atoms with van der Waals surface area (Å²) in [5.41, 5.74) is 4.91. The van der Waals surface area contributed by atoms with Crippen LogP contribution in [0.4, 0.5) is 14.6 Å². The van der Waals surface area contributed by atoms with Crippen LogP contribution in [0, 0.1) is 6.92 Å². The Balaban J connectivity index is 2.70. The summed E-state index contributed by atoms with van der Waals surface area (Å²) >= 11 is 0. The van der Waals surface area contributed by atoms with E-state index in [0.29, 0.717) is 11.7 Å². The van der Waals surface area contributed by atoms with Gasteiger partial charge < -0.3 is 15.8 Å². The third-order valence-corrected chi connectivity index (χ3v) is 1.85. The molecule has 0 unspecified atom stereocenters. The van der Waals surface area contributed by atoms with Crippen molar-refractivity contribution in [2.45, 2.75) is 12.8 Å². The largest absolute Gasteiger partial charge is 0.481 e. The summed E-state index contributed by atoms with van der Waals surface area (Å²) in [7, 11) is 1.44. The van der Waals surface area contributed by atoms with Gasteiger partial charge in [-0.3, -0.25) is 0 Å². The Hall–Kier alpha value is -1.50. The molecule has 5 nitrogen and oxygen atoms in total. The lowest BCUT2D eigenvalue weighted by Gasteiger charge is -2.15. The number of hydrogen-bond donors (Lipinski definition) is 2. The Morgan fingerprint density at radius 3 is 2.75 bits per heavy atom. The first kappa shape index (κ1) is 12.6. The number of hydrogen-bond acceptors (Lipinski definition) is 5. The number of alkyl halides is 2. The number of aromatic nitrogens is 2. The molecule has 1 rings (SSSR count). The average molecular weight is 232 g/mol. The van der Waals surface area contributed by atoms with Crippen molar-refractivity contribution in [2.75, 3.05) is 25.5 Å². The second kappa shape index (κ2) is 5.02. The van der Waals surface area contributed by atoms with Gasteiger partial charge >= 0.3 is 0 Å². The minimum Gasteiger partial charge on any atom is -0.481 e. The smallest absolute Gasteiger partial charge is 0.276 e. The van der Waals surface area contributed by atoms with Crippen LogP contribution < -0.4 is 15.8 Å². The van der Waals surface area contributed by atoms with E-state index in [0.717, 1.165) is 0 Å². The summed E-state index contributed by atoms with van der Waals surface area (Å²) in [6.45, 7) is 0.374. The number of nitrogens with zero attached hydrogens (tertiary/aromatic N) is 2. The third kappa shape index (κ3) is 3.58. The van der Waals surface area contributed by atoms with Crippen LogP contribution in [-0.2, 0) is 0 Å². The Kier molecular flexibility index (Phi) is 3.94. The summed E-state index contributed by atoms with van der Waals surface area (Å²) in [4.78, 5) is 7.87. The van der Waals surface area contributed by atoms with Crippen LogP contribution in [0.2, 0.25) is 0 Å². The standard InChI is InChI=1S/C9H14F2N4O/c1-6-14-7(3-8(15-6)16-2)13-5-9(10,11)4-12/h3H,4-5,12H2,1-2H3,(H,13,14,15). The van der Waals surface area contributed by atoms with E-state index in [2.05, 4.69) is 15.3 Å².